The Balaban J connectivity index is 1.66. The van der Waals surface area contributed by atoms with Crippen LogP contribution in [0.3, 0.4) is 0 Å². The number of aryl methyl sites for hydroxylation is 2. The van der Waals surface area contributed by atoms with Crippen LogP contribution in [0.15, 0.2) is 24.3 Å². The van der Waals surface area contributed by atoms with Crippen LogP contribution in [0.5, 0.6) is 0 Å². The molecule has 124 valence electrons. The molecule has 0 amide bonds. The summed E-state index contributed by atoms with van der Waals surface area (Å²) in [6, 6.07) is 8.85. The van der Waals surface area contributed by atoms with Gasteiger partial charge in [0.2, 0.25) is 0 Å². The Hall–Kier alpha value is -2.68. The first-order chi connectivity index (χ1) is 11.6. The molecule has 1 saturated heterocycles. The molecule has 1 aliphatic heterocycles. The maximum Gasteiger partial charge on any atom is 0.143 e. The van der Waals surface area contributed by atoms with E-state index in [9.17, 15) is 4.39 Å². The Morgan fingerprint density at radius 3 is 2.67 bits per heavy atom. The number of benzene rings is 1. The van der Waals surface area contributed by atoms with E-state index < -0.39 is 5.82 Å². The van der Waals surface area contributed by atoms with Crippen LogP contribution < -0.4 is 10.2 Å². The van der Waals surface area contributed by atoms with Crippen LogP contribution in [0.1, 0.15) is 29.9 Å². The van der Waals surface area contributed by atoms with Crippen molar-refractivity contribution in [3.8, 4) is 6.07 Å². The van der Waals surface area contributed by atoms with Crippen molar-refractivity contribution in [2.75, 3.05) is 23.3 Å². The molecule has 0 atom stereocenters. The van der Waals surface area contributed by atoms with Crippen molar-refractivity contribution in [1.82, 2.24) is 9.97 Å². The Bertz CT molecular complexity index is 755. The summed E-state index contributed by atoms with van der Waals surface area (Å²) in [4.78, 5) is 11.1. The van der Waals surface area contributed by atoms with E-state index in [0.717, 1.165) is 43.3 Å². The van der Waals surface area contributed by atoms with Crippen LogP contribution >= 0.6 is 0 Å². The van der Waals surface area contributed by atoms with E-state index in [1.165, 1.54) is 6.07 Å². The lowest BCUT2D eigenvalue weighted by Gasteiger charge is -2.34. The molecule has 3 rings (SSSR count). The second-order valence-electron chi connectivity index (χ2n) is 6.09. The maximum atomic E-state index is 13.7. The van der Waals surface area contributed by atoms with Gasteiger partial charge in [0.1, 0.15) is 29.1 Å². The number of anilines is 2. The van der Waals surface area contributed by atoms with Crippen molar-refractivity contribution < 1.29 is 4.39 Å². The van der Waals surface area contributed by atoms with E-state index in [4.69, 9.17) is 5.26 Å². The van der Waals surface area contributed by atoms with Gasteiger partial charge in [0.05, 0.1) is 5.69 Å². The SMILES string of the molecule is Cc1cc(N2CCC(Nc3cccc(F)c3C#N)CC2)nc(C)n1. The Morgan fingerprint density at radius 1 is 1.25 bits per heavy atom. The zero-order valence-corrected chi connectivity index (χ0v) is 13.9. The summed E-state index contributed by atoms with van der Waals surface area (Å²) in [5, 5.41) is 12.4. The number of rotatable bonds is 3. The molecule has 0 spiro atoms. The van der Waals surface area contributed by atoms with Gasteiger partial charge in [0.25, 0.3) is 0 Å². The molecule has 0 unspecified atom stereocenters. The normalized spacial score (nSPS) is 15.2. The average molecular weight is 325 g/mol. The van der Waals surface area contributed by atoms with Gasteiger partial charge in [-0.1, -0.05) is 6.07 Å². The van der Waals surface area contributed by atoms with E-state index in [-0.39, 0.29) is 11.6 Å². The van der Waals surface area contributed by atoms with Gasteiger partial charge in [-0.25, -0.2) is 14.4 Å². The molecule has 1 aromatic heterocycles. The molecular formula is C18H20FN5. The highest BCUT2D eigenvalue weighted by atomic mass is 19.1. The van der Waals surface area contributed by atoms with Crippen molar-refractivity contribution in [3.05, 3.63) is 47.2 Å². The van der Waals surface area contributed by atoms with Crippen molar-refractivity contribution >= 4 is 11.5 Å². The van der Waals surface area contributed by atoms with Crippen molar-refractivity contribution in [2.45, 2.75) is 32.7 Å². The Morgan fingerprint density at radius 2 is 2.00 bits per heavy atom. The fraction of sp³-hybridized carbons (Fsp3) is 0.389. The third kappa shape index (κ3) is 3.46. The molecule has 0 saturated carbocycles. The number of aromatic nitrogens is 2. The van der Waals surface area contributed by atoms with Crippen LogP contribution in [0.4, 0.5) is 15.9 Å². The molecule has 2 heterocycles. The van der Waals surface area contributed by atoms with Crippen LogP contribution in [0, 0.1) is 31.0 Å². The molecule has 0 aliphatic carbocycles. The number of piperidine rings is 1. The highest BCUT2D eigenvalue weighted by molar-refractivity contribution is 5.58. The minimum absolute atomic E-state index is 0.0852. The van der Waals surface area contributed by atoms with Gasteiger partial charge >= 0.3 is 0 Å². The van der Waals surface area contributed by atoms with Gasteiger partial charge in [-0.15, -0.1) is 0 Å². The molecular weight excluding hydrogens is 305 g/mol. The summed E-state index contributed by atoms with van der Waals surface area (Å²) in [6.45, 7) is 5.60. The van der Waals surface area contributed by atoms with Gasteiger partial charge < -0.3 is 10.2 Å². The van der Waals surface area contributed by atoms with Gasteiger partial charge in [-0.3, -0.25) is 0 Å². The number of nitrogens with one attached hydrogen (secondary N) is 1. The Labute approximate surface area is 141 Å². The standard InChI is InChI=1S/C18H20FN5/c1-12-10-18(22-13(2)21-12)24-8-6-14(7-9-24)23-17-5-3-4-16(19)15(17)11-20/h3-5,10,14,23H,6-9H2,1-2H3. The van der Waals surface area contributed by atoms with Crippen molar-refractivity contribution in [2.24, 2.45) is 0 Å². The molecule has 1 fully saturated rings. The van der Waals surface area contributed by atoms with Gasteiger partial charge in [-0.2, -0.15) is 5.26 Å². The number of halogens is 1. The van der Waals surface area contributed by atoms with E-state index in [2.05, 4.69) is 20.2 Å². The van der Waals surface area contributed by atoms with Gasteiger partial charge in [0.15, 0.2) is 0 Å². The largest absolute Gasteiger partial charge is 0.381 e. The average Bonchev–Trinajstić information content (AvgIpc) is 2.55. The molecule has 2 aromatic rings. The smallest absolute Gasteiger partial charge is 0.143 e. The van der Waals surface area contributed by atoms with Crippen LogP contribution in [0.25, 0.3) is 0 Å². The molecule has 1 aliphatic rings. The summed E-state index contributed by atoms with van der Waals surface area (Å²) in [5.74, 6) is 1.26. The third-order valence-corrected chi connectivity index (χ3v) is 4.26. The number of hydrogen-bond donors (Lipinski definition) is 1. The number of nitriles is 1. The molecule has 0 bridgehead atoms. The van der Waals surface area contributed by atoms with Crippen molar-refractivity contribution in [3.63, 3.8) is 0 Å². The zero-order valence-electron chi connectivity index (χ0n) is 13.9. The third-order valence-electron chi connectivity index (χ3n) is 4.26. The molecule has 24 heavy (non-hydrogen) atoms. The summed E-state index contributed by atoms with van der Waals surface area (Å²) in [6.07, 6.45) is 1.81. The minimum Gasteiger partial charge on any atom is -0.381 e. The lowest BCUT2D eigenvalue weighted by atomic mass is 10.0. The molecule has 5 nitrogen and oxygen atoms in total. The van der Waals surface area contributed by atoms with Crippen LogP contribution in [0.2, 0.25) is 0 Å². The number of hydrogen-bond acceptors (Lipinski definition) is 5. The lowest BCUT2D eigenvalue weighted by Crippen LogP contribution is -2.39. The Kier molecular flexibility index (Phi) is 4.61. The van der Waals surface area contributed by atoms with E-state index in [0.29, 0.717) is 5.69 Å². The summed E-state index contributed by atoms with van der Waals surface area (Å²) in [7, 11) is 0. The van der Waals surface area contributed by atoms with Gasteiger partial charge in [-0.05, 0) is 38.8 Å². The van der Waals surface area contributed by atoms with Crippen LogP contribution in [-0.2, 0) is 0 Å². The second-order valence-corrected chi connectivity index (χ2v) is 6.09. The quantitative estimate of drug-likeness (QED) is 0.939. The first kappa shape index (κ1) is 16.2. The van der Waals surface area contributed by atoms with E-state index in [1.807, 2.05) is 26.0 Å². The maximum absolute atomic E-state index is 13.7. The first-order valence-electron chi connectivity index (χ1n) is 8.09. The summed E-state index contributed by atoms with van der Waals surface area (Å²) < 4.78 is 13.7. The van der Waals surface area contributed by atoms with Gasteiger partial charge in [0, 0.05) is 30.9 Å². The molecule has 1 aromatic carbocycles. The van der Waals surface area contributed by atoms with E-state index in [1.54, 1.807) is 12.1 Å². The zero-order chi connectivity index (χ0) is 17.1. The first-order valence-corrected chi connectivity index (χ1v) is 8.09. The topological polar surface area (TPSA) is 64.8 Å². The molecule has 0 radical (unpaired) electrons. The fourth-order valence-corrected chi connectivity index (χ4v) is 3.09. The summed E-state index contributed by atoms with van der Waals surface area (Å²) in [5.41, 5.74) is 1.63. The predicted molar refractivity (Wildman–Crippen MR) is 91.5 cm³/mol. The summed E-state index contributed by atoms with van der Waals surface area (Å²) >= 11 is 0. The van der Waals surface area contributed by atoms with Crippen molar-refractivity contribution in [1.29, 1.82) is 5.26 Å². The molecule has 1 N–H and O–H groups in total. The fourth-order valence-electron chi connectivity index (χ4n) is 3.09. The lowest BCUT2D eigenvalue weighted by molar-refractivity contribution is 0.522. The monoisotopic (exact) mass is 325 g/mol. The highest BCUT2D eigenvalue weighted by Gasteiger charge is 2.21. The molecule has 6 heteroatoms. The second kappa shape index (κ2) is 6.83. The van der Waals surface area contributed by atoms with Crippen LogP contribution in [-0.4, -0.2) is 29.1 Å². The highest BCUT2D eigenvalue weighted by Crippen LogP contribution is 2.24. The number of nitrogens with zero attached hydrogens (tertiary/aromatic N) is 4. The minimum atomic E-state index is -0.480. The van der Waals surface area contributed by atoms with E-state index >= 15 is 0 Å². The predicted octanol–water partition coefficient (Wildman–Crippen LogP) is 3.19.